The van der Waals surface area contributed by atoms with Crippen LogP contribution < -0.4 is 10.2 Å². The lowest BCUT2D eigenvalue weighted by Gasteiger charge is -2.37. The van der Waals surface area contributed by atoms with Gasteiger partial charge in [-0.05, 0) is 25.3 Å². The van der Waals surface area contributed by atoms with Crippen LogP contribution in [0.5, 0.6) is 5.75 Å². The van der Waals surface area contributed by atoms with E-state index in [9.17, 15) is 14.4 Å². The summed E-state index contributed by atoms with van der Waals surface area (Å²) in [6, 6.07) is 9.12. The van der Waals surface area contributed by atoms with E-state index in [0.717, 1.165) is 18.4 Å². The van der Waals surface area contributed by atoms with Crippen molar-refractivity contribution in [1.82, 2.24) is 9.47 Å². The number of nitrogens with zero attached hydrogens (tertiary/aromatic N) is 2. The van der Waals surface area contributed by atoms with E-state index in [1.807, 2.05) is 30.3 Å². The molecule has 2 atom stereocenters. The minimum Gasteiger partial charge on any atom is -0.483 e. The molecular weight excluding hydrogens is 400 g/mol. The minimum absolute atomic E-state index is 0.0982. The maximum absolute atomic E-state index is 13.3. The van der Waals surface area contributed by atoms with E-state index in [4.69, 9.17) is 14.2 Å². The Balaban J connectivity index is 1.86. The quantitative estimate of drug-likeness (QED) is 0.660. The van der Waals surface area contributed by atoms with Crippen LogP contribution in [0.3, 0.4) is 0 Å². The molecule has 0 aliphatic carbocycles. The van der Waals surface area contributed by atoms with Gasteiger partial charge in [0.05, 0.1) is 18.8 Å². The van der Waals surface area contributed by atoms with Crippen LogP contribution in [0, 0.1) is 0 Å². The van der Waals surface area contributed by atoms with E-state index in [-0.39, 0.29) is 48.3 Å². The number of esters is 1. The summed E-state index contributed by atoms with van der Waals surface area (Å²) in [6.45, 7) is 2.95. The van der Waals surface area contributed by atoms with E-state index in [2.05, 4.69) is 0 Å². The van der Waals surface area contributed by atoms with Crippen molar-refractivity contribution < 1.29 is 23.8 Å². The van der Waals surface area contributed by atoms with Crippen LogP contribution >= 0.6 is 0 Å². The molecule has 31 heavy (non-hydrogen) atoms. The van der Waals surface area contributed by atoms with Gasteiger partial charge in [-0.25, -0.2) is 4.79 Å². The molecule has 1 amide bonds. The number of aromatic nitrogens is 1. The summed E-state index contributed by atoms with van der Waals surface area (Å²) in [5.41, 5.74) is 0.226. The Hall–Kier alpha value is -3.13. The molecule has 1 aromatic carbocycles. The molecule has 164 valence electrons. The maximum atomic E-state index is 13.3. The zero-order valence-electron chi connectivity index (χ0n) is 17.7. The number of ether oxygens (including phenoxy) is 3. The van der Waals surface area contributed by atoms with Crippen LogP contribution in [0.4, 0.5) is 0 Å². The van der Waals surface area contributed by atoms with Gasteiger partial charge in [0.25, 0.3) is 5.91 Å². The molecule has 4 rings (SSSR count). The molecule has 1 saturated heterocycles. The van der Waals surface area contributed by atoms with Crippen molar-refractivity contribution >= 4 is 11.9 Å². The van der Waals surface area contributed by atoms with Gasteiger partial charge in [0, 0.05) is 26.4 Å². The van der Waals surface area contributed by atoms with E-state index >= 15 is 0 Å². The first-order valence-electron chi connectivity index (χ1n) is 10.5. The SMILES string of the molecule is CCOC(=O)c1cn2c(c(OCc3ccccc3)c1=O)C(=O)N1CCCC(OC)C2C1. The molecule has 2 aliphatic rings. The van der Waals surface area contributed by atoms with Crippen LogP contribution in [0.25, 0.3) is 0 Å². The highest BCUT2D eigenvalue weighted by atomic mass is 16.5. The maximum Gasteiger partial charge on any atom is 0.343 e. The Morgan fingerprint density at radius 2 is 1.97 bits per heavy atom. The Kier molecular flexibility index (Phi) is 6.08. The van der Waals surface area contributed by atoms with Gasteiger partial charge < -0.3 is 23.7 Å². The summed E-state index contributed by atoms with van der Waals surface area (Å²) in [6.07, 6.45) is 2.84. The predicted molar refractivity (Wildman–Crippen MR) is 112 cm³/mol. The average molecular weight is 426 g/mol. The number of amides is 1. The van der Waals surface area contributed by atoms with Crippen LogP contribution in [0.2, 0.25) is 0 Å². The predicted octanol–water partition coefficient (Wildman–Crippen LogP) is 2.41. The van der Waals surface area contributed by atoms with E-state index in [1.54, 1.807) is 23.5 Å². The molecule has 0 spiro atoms. The Labute approximate surface area is 180 Å². The fourth-order valence-electron chi connectivity index (χ4n) is 4.28. The molecule has 3 heterocycles. The molecule has 0 saturated carbocycles. The molecule has 0 radical (unpaired) electrons. The van der Waals surface area contributed by atoms with Crippen molar-refractivity contribution in [2.45, 2.75) is 38.5 Å². The lowest BCUT2D eigenvalue weighted by molar-refractivity contribution is 0.0343. The van der Waals surface area contributed by atoms with Crippen LogP contribution in [-0.2, 0) is 16.1 Å². The largest absolute Gasteiger partial charge is 0.483 e. The van der Waals surface area contributed by atoms with Gasteiger partial charge in [-0.1, -0.05) is 30.3 Å². The van der Waals surface area contributed by atoms with Gasteiger partial charge in [-0.15, -0.1) is 0 Å². The van der Waals surface area contributed by atoms with Crippen molar-refractivity contribution in [3.05, 3.63) is 63.6 Å². The van der Waals surface area contributed by atoms with Gasteiger partial charge in [-0.2, -0.15) is 0 Å². The summed E-state index contributed by atoms with van der Waals surface area (Å²) in [4.78, 5) is 40.8. The summed E-state index contributed by atoms with van der Waals surface area (Å²) in [7, 11) is 1.64. The highest BCUT2D eigenvalue weighted by molar-refractivity contribution is 5.98. The third kappa shape index (κ3) is 3.95. The third-order valence-corrected chi connectivity index (χ3v) is 5.82. The first-order valence-corrected chi connectivity index (χ1v) is 10.5. The van der Waals surface area contributed by atoms with Gasteiger partial charge in [-0.3, -0.25) is 9.59 Å². The molecule has 2 bridgehead atoms. The zero-order valence-corrected chi connectivity index (χ0v) is 17.7. The summed E-state index contributed by atoms with van der Waals surface area (Å²) in [5.74, 6) is -1.13. The molecule has 8 heteroatoms. The zero-order chi connectivity index (χ0) is 22.0. The molecular formula is C23H26N2O6. The molecule has 1 aromatic heterocycles. The van der Waals surface area contributed by atoms with Gasteiger partial charge >= 0.3 is 5.97 Å². The van der Waals surface area contributed by atoms with E-state index in [0.29, 0.717) is 13.1 Å². The lowest BCUT2D eigenvalue weighted by Crippen LogP contribution is -2.47. The topological polar surface area (TPSA) is 87.1 Å². The number of rotatable bonds is 6. The van der Waals surface area contributed by atoms with Gasteiger partial charge in [0.2, 0.25) is 5.43 Å². The fourth-order valence-corrected chi connectivity index (χ4v) is 4.28. The van der Waals surface area contributed by atoms with Crippen molar-refractivity contribution in [3.63, 3.8) is 0 Å². The molecule has 0 N–H and O–H groups in total. The summed E-state index contributed by atoms with van der Waals surface area (Å²) in [5, 5.41) is 0. The summed E-state index contributed by atoms with van der Waals surface area (Å²) >= 11 is 0. The second-order valence-corrected chi connectivity index (χ2v) is 7.69. The number of pyridine rings is 1. The van der Waals surface area contributed by atoms with Crippen LogP contribution in [0.15, 0.2) is 41.3 Å². The molecule has 8 nitrogen and oxygen atoms in total. The minimum atomic E-state index is -0.732. The number of benzene rings is 1. The number of hydrogen-bond donors (Lipinski definition) is 0. The molecule has 1 fully saturated rings. The van der Waals surface area contributed by atoms with Gasteiger partial charge in [0.1, 0.15) is 12.2 Å². The highest BCUT2D eigenvalue weighted by Gasteiger charge is 2.41. The van der Waals surface area contributed by atoms with Crippen molar-refractivity contribution in [2.24, 2.45) is 0 Å². The lowest BCUT2D eigenvalue weighted by atomic mass is 10.0. The number of methoxy groups -OCH3 is 1. The Morgan fingerprint density at radius 1 is 1.19 bits per heavy atom. The molecule has 2 aliphatic heterocycles. The van der Waals surface area contributed by atoms with Crippen LogP contribution in [-0.4, -0.2) is 54.3 Å². The summed E-state index contributed by atoms with van der Waals surface area (Å²) < 4.78 is 18.4. The normalized spacial score (nSPS) is 20.1. The molecule has 2 aromatic rings. The van der Waals surface area contributed by atoms with E-state index in [1.165, 1.54) is 6.20 Å². The number of hydrogen-bond acceptors (Lipinski definition) is 6. The van der Waals surface area contributed by atoms with E-state index < -0.39 is 11.4 Å². The second kappa shape index (κ2) is 8.93. The number of carbonyl (C=O) groups excluding carboxylic acids is 2. The smallest absolute Gasteiger partial charge is 0.343 e. The van der Waals surface area contributed by atoms with Crippen LogP contribution in [0.1, 0.15) is 52.2 Å². The standard InChI is InChI=1S/C23H26N2O6/c1-3-30-23(28)16-12-25-17-13-24(11-7-10-18(17)29-2)22(27)19(25)21(20(16)26)31-14-15-8-5-4-6-9-15/h4-6,8-9,12,17-18H,3,7,10-11,13-14H2,1-2H3. The first-order chi connectivity index (χ1) is 15.0. The number of carbonyl (C=O) groups is 2. The monoisotopic (exact) mass is 426 g/mol. The second-order valence-electron chi connectivity index (χ2n) is 7.69. The Morgan fingerprint density at radius 3 is 2.68 bits per heavy atom. The molecule has 2 unspecified atom stereocenters. The fraction of sp³-hybridized carbons (Fsp3) is 0.435. The Bertz CT molecular complexity index is 1030. The van der Waals surface area contributed by atoms with Crippen molar-refractivity contribution in [1.29, 1.82) is 0 Å². The number of fused-ring (bicyclic) bond motifs is 4. The third-order valence-electron chi connectivity index (χ3n) is 5.82. The van der Waals surface area contributed by atoms with Crippen molar-refractivity contribution in [3.8, 4) is 5.75 Å². The average Bonchev–Trinajstić information content (AvgIpc) is 2.98. The van der Waals surface area contributed by atoms with Gasteiger partial charge in [0.15, 0.2) is 11.4 Å². The highest BCUT2D eigenvalue weighted by Crippen LogP contribution is 2.34. The first kappa shape index (κ1) is 21.1. The van der Waals surface area contributed by atoms with Crippen molar-refractivity contribution in [2.75, 3.05) is 26.8 Å².